The number of benzene rings is 2. The Morgan fingerprint density at radius 3 is 2.48 bits per heavy atom. The van der Waals surface area contributed by atoms with Gasteiger partial charge in [-0.15, -0.1) is 0 Å². The number of carbonyl (C=O) groups excluding carboxylic acids is 1. The van der Waals surface area contributed by atoms with Crippen LogP contribution in [0.4, 0.5) is 0 Å². The molecule has 1 unspecified atom stereocenters. The number of carbonyl (C=O) groups is 1. The van der Waals surface area contributed by atoms with Crippen molar-refractivity contribution in [1.29, 1.82) is 0 Å². The number of esters is 1. The molecule has 0 aliphatic heterocycles. The SMILES string of the molecule is COc1ccc(CC(O)C(=O)OCc2ccccc2)c(OC)c1. The third-order valence-electron chi connectivity index (χ3n) is 3.40. The maximum absolute atomic E-state index is 11.9. The number of aliphatic hydroxyl groups is 1. The molecule has 2 aromatic carbocycles. The highest BCUT2D eigenvalue weighted by Gasteiger charge is 2.19. The Bertz CT molecular complexity index is 639. The maximum Gasteiger partial charge on any atom is 0.335 e. The lowest BCUT2D eigenvalue weighted by Gasteiger charge is -2.14. The molecule has 5 nitrogen and oxygen atoms in total. The van der Waals surface area contributed by atoms with Crippen molar-refractivity contribution in [2.24, 2.45) is 0 Å². The average molecular weight is 316 g/mol. The second-order valence-electron chi connectivity index (χ2n) is 4.99. The Labute approximate surface area is 135 Å². The standard InChI is InChI=1S/C18H20O5/c1-21-15-9-8-14(17(11-15)22-2)10-16(19)18(20)23-12-13-6-4-3-5-7-13/h3-9,11,16,19H,10,12H2,1-2H3. The van der Waals surface area contributed by atoms with E-state index in [0.717, 1.165) is 5.56 Å². The van der Waals surface area contributed by atoms with Crippen molar-refractivity contribution >= 4 is 5.97 Å². The minimum Gasteiger partial charge on any atom is -0.497 e. The first-order chi connectivity index (χ1) is 11.1. The molecule has 5 heteroatoms. The van der Waals surface area contributed by atoms with E-state index in [2.05, 4.69) is 0 Å². The van der Waals surface area contributed by atoms with Crippen molar-refractivity contribution in [2.75, 3.05) is 14.2 Å². The Kier molecular flexibility index (Phi) is 6.00. The molecule has 0 amide bonds. The molecule has 0 saturated heterocycles. The van der Waals surface area contributed by atoms with Gasteiger partial charge < -0.3 is 19.3 Å². The summed E-state index contributed by atoms with van der Waals surface area (Å²) < 4.78 is 15.5. The molecule has 0 aliphatic rings. The molecular formula is C18H20O5. The maximum atomic E-state index is 11.9. The monoisotopic (exact) mass is 316 g/mol. The number of ether oxygens (including phenoxy) is 3. The minimum atomic E-state index is -1.25. The molecule has 0 aromatic heterocycles. The summed E-state index contributed by atoms with van der Waals surface area (Å²) in [5, 5.41) is 10.0. The lowest BCUT2D eigenvalue weighted by Crippen LogP contribution is -2.25. The second kappa shape index (κ2) is 8.19. The fourth-order valence-corrected chi connectivity index (χ4v) is 2.14. The van der Waals surface area contributed by atoms with E-state index >= 15 is 0 Å². The normalized spacial score (nSPS) is 11.6. The summed E-state index contributed by atoms with van der Waals surface area (Å²) in [7, 11) is 3.09. The molecule has 0 spiro atoms. The highest BCUT2D eigenvalue weighted by atomic mass is 16.5. The number of hydrogen-bond donors (Lipinski definition) is 1. The summed E-state index contributed by atoms with van der Waals surface area (Å²) in [4.78, 5) is 11.9. The van der Waals surface area contributed by atoms with E-state index < -0.39 is 12.1 Å². The molecule has 0 radical (unpaired) electrons. The van der Waals surface area contributed by atoms with E-state index in [1.165, 1.54) is 7.11 Å². The predicted octanol–water partition coefficient (Wildman–Crippen LogP) is 2.35. The Hall–Kier alpha value is -2.53. The van der Waals surface area contributed by atoms with Gasteiger partial charge in [-0.1, -0.05) is 36.4 Å². The van der Waals surface area contributed by atoms with Gasteiger partial charge in [0.25, 0.3) is 0 Å². The van der Waals surface area contributed by atoms with E-state index in [1.807, 2.05) is 30.3 Å². The van der Waals surface area contributed by atoms with Gasteiger partial charge in [-0.25, -0.2) is 4.79 Å². The fraction of sp³-hybridized carbons (Fsp3) is 0.278. The van der Waals surface area contributed by atoms with Gasteiger partial charge in [-0.3, -0.25) is 0 Å². The number of hydrogen-bond acceptors (Lipinski definition) is 5. The van der Waals surface area contributed by atoms with Gasteiger partial charge in [0, 0.05) is 12.5 Å². The number of methoxy groups -OCH3 is 2. The summed E-state index contributed by atoms with van der Waals surface area (Å²) in [6.07, 6.45) is -1.14. The van der Waals surface area contributed by atoms with Gasteiger partial charge >= 0.3 is 5.97 Å². The summed E-state index contributed by atoms with van der Waals surface area (Å²) in [6, 6.07) is 14.5. The molecule has 2 rings (SSSR count). The van der Waals surface area contributed by atoms with Gasteiger partial charge in [0.05, 0.1) is 14.2 Å². The summed E-state index contributed by atoms with van der Waals surface area (Å²) in [5.41, 5.74) is 1.58. The zero-order valence-electron chi connectivity index (χ0n) is 13.2. The van der Waals surface area contributed by atoms with E-state index in [0.29, 0.717) is 17.1 Å². The van der Waals surface area contributed by atoms with Gasteiger partial charge in [0.1, 0.15) is 18.1 Å². The van der Waals surface area contributed by atoms with Crippen molar-refractivity contribution < 1.29 is 24.1 Å². The van der Waals surface area contributed by atoms with Crippen molar-refractivity contribution in [1.82, 2.24) is 0 Å². The van der Waals surface area contributed by atoms with E-state index in [1.54, 1.807) is 25.3 Å². The molecule has 0 saturated carbocycles. The molecule has 0 bridgehead atoms. The van der Waals surface area contributed by atoms with Gasteiger partial charge in [-0.2, -0.15) is 0 Å². The first-order valence-electron chi connectivity index (χ1n) is 7.23. The van der Waals surface area contributed by atoms with E-state index in [-0.39, 0.29) is 13.0 Å². The first-order valence-corrected chi connectivity index (χ1v) is 7.23. The Balaban J connectivity index is 1.95. The van der Waals surface area contributed by atoms with Crippen LogP contribution in [0.25, 0.3) is 0 Å². The van der Waals surface area contributed by atoms with Gasteiger partial charge in [0.2, 0.25) is 0 Å². The summed E-state index contributed by atoms with van der Waals surface area (Å²) in [6.45, 7) is 0.135. The lowest BCUT2D eigenvalue weighted by atomic mass is 10.1. The third kappa shape index (κ3) is 4.72. The highest BCUT2D eigenvalue weighted by molar-refractivity contribution is 5.75. The average Bonchev–Trinajstić information content (AvgIpc) is 2.60. The zero-order chi connectivity index (χ0) is 16.7. The first kappa shape index (κ1) is 16.8. The van der Waals surface area contributed by atoms with Crippen LogP contribution in [-0.4, -0.2) is 31.4 Å². The quantitative estimate of drug-likeness (QED) is 0.794. The Morgan fingerprint density at radius 2 is 1.83 bits per heavy atom. The number of aliphatic hydroxyl groups excluding tert-OH is 1. The van der Waals surface area contributed by atoms with Crippen LogP contribution in [0.15, 0.2) is 48.5 Å². The van der Waals surface area contributed by atoms with E-state index in [9.17, 15) is 9.90 Å². The number of rotatable bonds is 7. The van der Waals surface area contributed by atoms with Crippen molar-refractivity contribution in [3.05, 3.63) is 59.7 Å². The molecular weight excluding hydrogens is 296 g/mol. The van der Waals surface area contributed by atoms with Crippen LogP contribution in [0.2, 0.25) is 0 Å². The molecule has 1 N–H and O–H groups in total. The van der Waals surface area contributed by atoms with Crippen LogP contribution in [0, 0.1) is 0 Å². The minimum absolute atomic E-state index is 0.112. The zero-order valence-corrected chi connectivity index (χ0v) is 13.2. The van der Waals surface area contributed by atoms with Crippen LogP contribution in [0.5, 0.6) is 11.5 Å². The largest absolute Gasteiger partial charge is 0.497 e. The molecule has 0 heterocycles. The third-order valence-corrected chi connectivity index (χ3v) is 3.40. The molecule has 122 valence electrons. The molecule has 0 aliphatic carbocycles. The smallest absolute Gasteiger partial charge is 0.335 e. The molecule has 1 atom stereocenters. The lowest BCUT2D eigenvalue weighted by molar-refractivity contribution is -0.154. The highest BCUT2D eigenvalue weighted by Crippen LogP contribution is 2.25. The van der Waals surface area contributed by atoms with Gasteiger partial charge in [-0.05, 0) is 17.2 Å². The van der Waals surface area contributed by atoms with E-state index in [4.69, 9.17) is 14.2 Å². The topological polar surface area (TPSA) is 65.0 Å². The predicted molar refractivity (Wildman–Crippen MR) is 85.5 cm³/mol. The second-order valence-corrected chi connectivity index (χ2v) is 4.99. The summed E-state index contributed by atoms with van der Waals surface area (Å²) >= 11 is 0. The Morgan fingerprint density at radius 1 is 1.09 bits per heavy atom. The van der Waals surface area contributed by atoms with Crippen LogP contribution in [-0.2, 0) is 22.6 Å². The van der Waals surface area contributed by atoms with Gasteiger partial charge in [0.15, 0.2) is 6.10 Å². The molecule has 0 fully saturated rings. The molecule has 2 aromatic rings. The summed E-state index contributed by atoms with van der Waals surface area (Å²) in [5.74, 6) is 0.540. The fourth-order valence-electron chi connectivity index (χ4n) is 2.14. The van der Waals surface area contributed by atoms with Crippen LogP contribution in [0.1, 0.15) is 11.1 Å². The van der Waals surface area contributed by atoms with Crippen molar-refractivity contribution in [3.8, 4) is 11.5 Å². The molecule has 23 heavy (non-hydrogen) atoms. The van der Waals surface area contributed by atoms with Crippen molar-refractivity contribution in [2.45, 2.75) is 19.1 Å². The van der Waals surface area contributed by atoms with Crippen LogP contribution >= 0.6 is 0 Å². The van der Waals surface area contributed by atoms with Crippen molar-refractivity contribution in [3.63, 3.8) is 0 Å². The van der Waals surface area contributed by atoms with Crippen LogP contribution < -0.4 is 9.47 Å². The van der Waals surface area contributed by atoms with Crippen LogP contribution in [0.3, 0.4) is 0 Å².